The van der Waals surface area contributed by atoms with Crippen molar-refractivity contribution in [3.05, 3.63) is 11.6 Å². The van der Waals surface area contributed by atoms with Gasteiger partial charge < -0.3 is 5.11 Å². The molecule has 0 aromatic heterocycles. The highest BCUT2D eigenvalue weighted by atomic mass is 16.3. The Morgan fingerprint density at radius 1 is 1.60 bits per heavy atom. The molecule has 0 aromatic carbocycles. The van der Waals surface area contributed by atoms with Crippen LogP contribution in [0.1, 0.15) is 47.0 Å². The van der Waals surface area contributed by atoms with Crippen LogP contribution in [0.4, 0.5) is 0 Å². The van der Waals surface area contributed by atoms with E-state index >= 15 is 0 Å². The SMILES string of the molecule is CC1=CC(=O)CC(C)(C)[C@@H]1CC[C@@H](C)O. The van der Waals surface area contributed by atoms with Crippen LogP contribution in [0.5, 0.6) is 0 Å². The second kappa shape index (κ2) is 4.48. The third-order valence-corrected chi connectivity index (χ3v) is 3.38. The highest BCUT2D eigenvalue weighted by Crippen LogP contribution is 2.42. The molecule has 2 heteroatoms. The Hall–Kier alpha value is -0.630. The maximum absolute atomic E-state index is 11.4. The second-order valence-electron chi connectivity index (χ2n) is 5.50. The van der Waals surface area contributed by atoms with Crippen LogP contribution in [0.2, 0.25) is 0 Å². The maximum Gasteiger partial charge on any atom is 0.156 e. The lowest BCUT2D eigenvalue weighted by atomic mass is 9.66. The molecule has 0 aliphatic heterocycles. The van der Waals surface area contributed by atoms with Gasteiger partial charge in [0, 0.05) is 6.42 Å². The number of carbonyl (C=O) groups is 1. The van der Waals surface area contributed by atoms with E-state index in [0.717, 1.165) is 12.8 Å². The molecule has 2 nitrogen and oxygen atoms in total. The molecule has 0 aromatic rings. The van der Waals surface area contributed by atoms with E-state index in [1.165, 1.54) is 5.57 Å². The summed E-state index contributed by atoms with van der Waals surface area (Å²) in [6.45, 7) is 8.15. The Labute approximate surface area is 92.4 Å². The van der Waals surface area contributed by atoms with Gasteiger partial charge >= 0.3 is 0 Å². The minimum atomic E-state index is -0.244. The van der Waals surface area contributed by atoms with E-state index in [0.29, 0.717) is 12.3 Å². The zero-order valence-corrected chi connectivity index (χ0v) is 10.2. The predicted molar refractivity (Wildman–Crippen MR) is 61.6 cm³/mol. The van der Waals surface area contributed by atoms with Crippen LogP contribution in [-0.2, 0) is 4.79 Å². The molecule has 1 aliphatic rings. The number of allylic oxidation sites excluding steroid dienone is 2. The van der Waals surface area contributed by atoms with Gasteiger partial charge in [0.05, 0.1) is 6.10 Å². The van der Waals surface area contributed by atoms with Gasteiger partial charge in [-0.05, 0) is 44.1 Å². The maximum atomic E-state index is 11.4. The molecule has 86 valence electrons. The van der Waals surface area contributed by atoms with Crippen molar-refractivity contribution < 1.29 is 9.90 Å². The van der Waals surface area contributed by atoms with Crippen molar-refractivity contribution in [1.82, 2.24) is 0 Å². The van der Waals surface area contributed by atoms with Crippen LogP contribution < -0.4 is 0 Å². The first-order valence-electron chi connectivity index (χ1n) is 5.72. The second-order valence-corrected chi connectivity index (χ2v) is 5.50. The van der Waals surface area contributed by atoms with Gasteiger partial charge in [-0.2, -0.15) is 0 Å². The summed E-state index contributed by atoms with van der Waals surface area (Å²) >= 11 is 0. The lowest BCUT2D eigenvalue weighted by Crippen LogP contribution is -2.32. The van der Waals surface area contributed by atoms with E-state index < -0.39 is 0 Å². The van der Waals surface area contributed by atoms with Crippen LogP contribution in [0.3, 0.4) is 0 Å². The average Bonchev–Trinajstić information content (AvgIpc) is 1.98. The van der Waals surface area contributed by atoms with E-state index in [1.807, 2.05) is 13.8 Å². The molecule has 0 amide bonds. The Bertz CT molecular complexity index is 274. The van der Waals surface area contributed by atoms with E-state index in [-0.39, 0.29) is 17.3 Å². The Morgan fingerprint density at radius 2 is 2.20 bits per heavy atom. The summed E-state index contributed by atoms with van der Waals surface area (Å²) in [4.78, 5) is 11.4. The lowest BCUT2D eigenvalue weighted by Gasteiger charge is -2.38. The highest BCUT2D eigenvalue weighted by molar-refractivity contribution is 5.91. The number of hydrogen-bond acceptors (Lipinski definition) is 2. The van der Waals surface area contributed by atoms with Crippen molar-refractivity contribution in [2.75, 3.05) is 0 Å². The molecular weight excluding hydrogens is 188 g/mol. The van der Waals surface area contributed by atoms with Crippen molar-refractivity contribution in [2.24, 2.45) is 11.3 Å². The molecule has 1 aliphatic carbocycles. The van der Waals surface area contributed by atoms with Crippen molar-refractivity contribution in [3.63, 3.8) is 0 Å². The monoisotopic (exact) mass is 210 g/mol. The molecular formula is C13H22O2. The van der Waals surface area contributed by atoms with Gasteiger partial charge in [0.25, 0.3) is 0 Å². The molecule has 1 N–H and O–H groups in total. The van der Waals surface area contributed by atoms with Crippen LogP contribution >= 0.6 is 0 Å². The molecule has 15 heavy (non-hydrogen) atoms. The van der Waals surface area contributed by atoms with Crippen molar-refractivity contribution >= 4 is 5.78 Å². The van der Waals surface area contributed by atoms with Gasteiger partial charge in [-0.15, -0.1) is 0 Å². The molecule has 0 radical (unpaired) electrons. The number of aliphatic hydroxyl groups excluding tert-OH is 1. The fourth-order valence-corrected chi connectivity index (χ4v) is 2.62. The number of rotatable bonds is 3. The van der Waals surface area contributed by atoms with Crippen LogP contribution in [0.15, 0.2) is 11.6 Å². The van der Waals surface area contributed by atoms with E-state index in [1.54, 1.807) is 6.08 Å². The van der Waals surface area contributed by atoms with Gasteiger partial charge in [-0.1, -0.05) is 19.4 Å². The summed E-state index contributed by atoms with van der Waals surface area (Å²) < 4.78 is 0. The first-order valence-corrected chi connectivity index (χ1v) is 5.72. The third kappa shape index (κ3) is 3.16. The first-order chi connectivity index (χ1) is 6.83. The number of carbonyl (C=O) groups excluding carboxylic acids is 1. The van der Waals surface area contributed by atoms with Gasteiger partial charge in [-0.25, -0.2) is 0 Å². The highest BCUT2D eigenvalue weighted by Gasteiger charge is 2.35. The summed E-state index contributed by atoms with van der Waals surface area (Å²) in [5.41, 5.74) is 1.22. The van der Waals surface area contributed by atoms with E-state index in [9.17, 15) is 9.90 Å². The van der Waals surface area contributed by atoms with Crippen LogP contribution in [0, 0.1) is 11.3 Å². The molecule has 0 spiro atoms. The molecule has 1 rings (SSSR count). The van der Waals surface area contributed by atoms with Crippen molar-refractivity contribution in [2.45, 2.75) is 53.1 Å². The number of aliphatic hydroxyl groups is 1. The number of ketones is 1. The standard InChI is InChI=1S/C13H22O2/c1-9-7-11(15)8-13(3,4)12(9)6-5-10(2)14/h7,10,12,14H,5-6,8H2,1-4H3/t10-,12-/m1/s1. The topological polar surface area (TPSA) is 37.3 Å². The molecule has 0 heterocycles. The lowest BCUT2D eigenvalue weighted by molar-refractivity contribution is -0.117. The summed E-state index contributed by atoms with van der Waals surface area (Å²) in [5.74, 6) is 0.676. The largest absolute Gasteiger partial charge is 0.393 e. The van der Waals surface area contributed by atoms with Gasteiger partial charge in [0.2, 0.25) is 0 Å². The Balaban J connectivity index is 2.75. The molecule has 0 fully saturated rings. The molecule has 0 bridgehead atoms. The normalized spacial score (nSPS) is 27.4. The first kappa shape index (κ1) is 12.4. The average molecular weight is 210 g/mol. The zero-order chi connectivity index (χ0) is 11.6. The van der Waals surface area contributed by atoms with Gasteiger partial charge in [-0.3, -0.25) is 4.79 Å². The summed E-state index contributed by atoms with van der Waals surface area (Å²) in [7, 11) is 0. The number of hydrogen-bond donors (Lipinski definition) is 1. The van der Waals surface area contributed by atoms with Gasteiger partial charge in [0.15, 0.2) is 5.78 Å². The molecule has 2 atom stereocenters. The minimum Gasteiger partial charge on any atom is -0.393 e. The summed E-state index contributed by atoms with van der Waals surface area (Å²) in [6.07, 6.45) is 3.95. The molecule has 0 saturated heterocycles. The zero-order valence-electron chi connectivity index (χ0n) is 10.2. The van der Waals surface area contributed by atoms with E-state index in [4.69, 9.17) is 0 Å². The minimum absolute atomic E-state index is 0.0464. The van der Waals surface area contributed by atoms with Crippen LogP contribution in [0.25, 0.3) is 0 Å². The molecule has 0 saturated carbocycles. The van der Waals surface area contributed by atoms with Crippen molar-refractivity contribution in [1.29, 1.82) is 0 Å². The van der Waals surface area contributed by atoms with Crippen molar-refractivity contribution in [3.8, 4) is 0 Å². The Kier molecular flexibility index (Phi) is 3.72. The fourth-order valence-electron chi connectivity index (χ4n) is 2.62. The quantitative estimate of drug-likeness (QED) is 0.777. The fraction of sp³-hybridized carbons (Fsp3) is 0.769. The Morgan fingerprint density at radius 3 is 2.67 bits per heavy atom. The third-order valence-electron chi connectivity index (χ3n) is 3.38. The summed E-state index contributed by atoms with van der Waals surface area (Å²) in [6, 6.07) is 0. The summed E-state index contributed by atoms with van der Waals surface area (Å²) in [5, 5.41) is 9.31. The molecule has 0 unspecified atom stereocenters. The van der Waals surface area contributed by atoms with Crippen LogP contribution in [-0.4, -0.2) is 17.0 Å². The van der Waals surface area contributed by atoms with Gasteiger partial charge in [0.1, 0.15) is 0 Å². The predicted octanol–water partition coefficient (Wildman–Crippen LogP) is 2.71. The van der Waals surface area contributed by atoms with E-state index in [2.05, 4.69) is 13.8 Å². The smallest absolute Gasteiger partial charge is 0.156 e.